The molecule has 0 spiro atoms. The van der Waals surface area contributed by atoms with Crippen molar-refractivity contribution in [3.05, 3.63) is 35.4 Å². The highest BCUT2D eigenvalue weighted by molar-refractivity contribution is 5.37. The summed E-state index contributed by atoms with van der Waals surface area (Å²) in [5, 5.41) is 0. The second kappa shape index (κ2) is 6.55. The van der Waals surface area contributed by atoms with Gasteiger partial charge in [0.2, 0.25) is 0 Å². The largest absolute Gasteiger partial charge is 0.380 e. The van der Waals surface area contributed by atoms with Crippen molar-refractivity contribution in [3.63, 3.8) is 0 Å². The molecule has 3 heteroatoms. The number of nitrogens with two attached hydrogens (primary N) is 1. The molecule has 3 nitrogen and oxygen atoms in total. The van der Waals surface area contributed by atoms with Crippen molar-refractivity contribution in [1.82, 2.24) is 4.90 Å². The average Bonchev–Trinajstić information content (AvgIpc) is 2.91. The Morgan fingerprint density at radius 1 is 1.50 bits per heavy atom. The van der Waals surface area contributed by atoms with E-state index in [4.69, 9.17) is 10.5 Å². The van der Waals surface area contributed by atoms with E-state index in [0.717, 1.165) is 31.7 Å². The molecule has 0 aliphatic carbocycles. The van der Waals surface area contributed by atoms with Crippen LogP contribution in [0.3, 0.4) is 0 Å². The third-order valence-corrected chi connectivity index (χ3v) is 3.22. The van der Waals surface area contributed by atoms with E-state index in [2.05, 4.69) is 42.0 Å². The van der Waals surface area contributed by atoms with E-state index in [9.17, 15) is 0 Å². The lowest BCUT2D eigenvalue weighted by Crippen LogP contribution is -2.31. The minimum atomic E-state index is 0.406. The summed E-state index contributed by atoms with van der Waals surface area (Å²) in [5.74, 6) is 5.95. The number of rotatable bonds is 3. The van der Waals surface area contributed by atoms with Crippen molar-refractivity contribution in [1.29, 1.82) is 0 Å². The Balaban J connectivity index is 1.99. The van der Waals surface area contributed by atoms with E-state index < -0.39 is 0 Å². The zero-order chi connectivity index (χ0) is 12.8. The molecule has 1 atom stereocenters. The molecule has 1 heterocycles. The SMILES string of the molecule is CN(Cc1cccc(C#CCN)c1)C1CCOC1. The van der Waals surface area contributed by atoms with Crippen LogP contribution in [-0.2, 0) is 11.3 Å². The first-order valence-electron chi connectivity index (χ1n) is 6.35. The molecular formula is C15H20N2O. The molecule has 1 saturated heterocycles. The molecule has 1 aliphatic rings. The van der Waals surface area contributed by atoms with Gasteiger partial charge in [-0.15, -0.1) is 0 Å². The summed E-state index contributed by atoms with van der Waals surface area (Å²) in [6, 6.07) is 8.89. The highest BCUT2D eigenvalue weighted by atomic mass is 16.5. The smallest absolute Gasteiger partial charge is 0.0622 e. The number of hydrogen-bond donors (Lipinski definition) is 1. The lowest BCUT2D eigenvalue weighted by Gasteiger charge is -2.22. The molecule has 1 aliphatic heterocycles. The van der Waals surface area contributed by atoms with Crippen molar-refractivity contribution in [3.8, 4) is 11.8 Å². The predicted molar refractivity (Wildman–Crippen MR) is 73.1 cm³/mol. The number of likely N-dealkylation sites (N-methyl/N-ethyl adjacent to an activating group) is 1. The number of hydrogen-bond acceptors (Lipinski definition) is 3. The Kier molecular flexibility index (Phi) is 4.77. The van der Waals surface area contributed by atoms with Gasteiger partial charge in [-0.05, 0) is 31.2 Å². The second-order valence-electron chi connectivity index (χ2n) is 4.64. The van der Waals surface area contributed by atoms with Crippen molar-refractivity contribution in [2.45, 2.75) is 19.0 Å². The highest BCUT2D eigenvalue weighted by Gasteiger charge is 2.19. The molecule has 18 heavy (non-hydrogen) atoms. The first-order valence-corrected chi connectivity index (χ1v) is 6.35. The van der Waals surface area contributed by atoms with E-state index in [-0.39, 0.29) is 0 Å². The predicted octanol–water partition coefficient (Wildman–Crippen LogP) is 1.22. The lowest BCUT2D eigenvalue weighted by molar-refractivity contribution is 0.156. The van der Waals surface area contributed by atoms with E-state index >= 15 is 0 Å². The fourth-order valence-electron chi connectivity index (χ4n) is 2.19. The van der Waals surface area contributed by atoms with E-state index in [0.29, 0.717) is 12.6 Å². The van der Waals surface area contributed by atoms with Gasteiger partial charge in [0.25, 0.3) is 0 Å². The molecule has 1 unspecified atom stereocenters. The van der Waals surface area contributed by atoms with Crippen LogP contribution in [0.25, 0.3) is 0 Å². The summed E-state index contributed by atoms with van der Waals surface area (Å²) in [4.78, 5) is 2.35. The molecular weight excluding hydrogens is 224 g/mol. The van der Waals surface area contributed by atoms with Crippen LogP contribution in [0.15, 0.2) is 24.3 Å². The Hall–Kier alpha value is -1.34. The van der Waals surface area contributed by atoms with Crippen LogP contribution in [0, 0.1) is 11.8 Å². The summed E-state index contributed by atoms with van der Waals surface area (Å²) in [6.45, 7) is 3.08. The van der Waals surface area contributed by atoms with Gasteiger partial charge >= 0.3 is 0 Å². The third-order valence-electron chi connectivity index (χ3n) is 3.22. The van der Waals surface area contributed by atoms with E-state index in [1.165, 1.54) is 5.56 Å². The summed E-state index contributed by atoms with van der Waals surface area (Å²) in [5.41, 5.74) is 7.70. The zero-order valence-corrected chi connectivity index (χ0v) is 10.9. The molecule has 2 N–H and O–H groups in total. The van der Waals surface area contributed by atoms with Gasteiger partial charge in [-0.2, -0.15) is 0 Å². The molecule has 1 aromatic rings. The minimum Gasteiger partial charge on any atom is -0.380 e. The van der Waals surface area contributed by atoms with Gasteiger partial charge in [-0.1, -0.05) is 24.0 Å². The fourth-order valence-corrected chi connectivity index (χ4v) is 2.19. The molecule has 1 fully saturated rings. The van der Waals surface area contributed by atoms with Crippen molar-refractivity contribution in [2.75, 3.05) is 26.8 Å². The molecule has 1 aromatic carbocycles. The van der Waals surface area contributed by atoms with Crippen LogP contribution in [-0.4, -0.2) is 37.7 Å². The van der Waals surface area contributed by atoms with Crippen LogP contribution in [0.4, 0.5) is 0 Å². The van der Waals surface area contributed by atoms with Crippen LogP contribution < -0.4 is 5.73 Å². The van der Waals surface area contributed by atoms with Gasteiger partial charge in [0.1, 0.15) is 0 Å². The monoisotopic (exact) mass is 244 g/mol. The molecule has 96 valence electrons. The zero-order valence-electron chi connectivity index (χ0n) is 10.9. The molecule has 0 saturated carbocycles. The van der Waals surface area contributed by atoms with Crippen LogP contribution >= 0.6 is 0 Å². The maximum atomic E-state index is 5.41. The summed E-state index contributed by atoms with van der Waals surface area (Å²) in [7, 11) is 2.15. The van der Waals surface area contributed by atoms with Gasteiger partial charge in [0.15, 0.2) is 0 Å². The van der Waals surface area contributed by atoms with Crippen molar-refractivity contribution in [2.24, 2.45) is 5.73 Å². The summed E-state index contributed by atoms with van der Waals surface area (Å²) < 4.78 is 5.41. The third kappa shape index (κ3) is 3.58. The van der Waals surface area contributed by atoms with Gasteiger partial charge < -0.3 is 10.5 Å². The van der Waals surface area contributed by atoms with Gasteiger partial charge in [0.05, 0.1) is 13.2 Å². The molecule has 0 amide bonds. The van der Waals surface area contributed by atoms with E-state index in [1.54, 1.807) is 0 Å². The Labute approximate surface area is 109 Å². The van der Waals surface area contributed by atoms with Gasteiger partial charge in [-0.3, -0.25) is 4.90 Å². The van der Waals surface area contributed by atoms with E-state index in [1.807, 2.05) is 6.07 Å². The number of benzene rings is 1. The van der Waals surface area contributed by atoms with Crippen molar-refractivity contribution >= 4 is 0 Å². The second-order valence-corrected chi connectivity index (χ2v) is 4.64. The lowest BCUT2D eigenvalue weighted by atomic mass is 10.1. The molecule has 0 radical (unpaired) electrons. The highest BCUT2D eigenvalue weighted by Crippen LogP contribution is 2.14. The van der Waals surface area contributed by atoms with Gasteiger partial charge in [0, 0.05) is 24.8 Å². The van der Waals surface area contributed by atoms with Gasteiger partial charge in [-0.25, -0.2) is 0 Å². The summed E-state index contributed by atoms with van der Waals surface area (Å²) >= 11 is 0. The topological polar surface area (TPSA) is 38.5 Å². The van der Waals surface area contributed by atoms with Crippen molar-refractivity contribution < 1.29 is 4.74 Å². The average molecular weight is 244 g/mol. The maximum absolute atomic E-state index is 5.41. The maximum Gasteiger partial charge on any atom is 0.0622 e. The summed E-state index contributed by atoms with van der Waals surface area (Å²) in [6.07, 6.45) is 1.13. The first-order chi connectivity index (χ1) is 8.79. The Morgan fingerprint density at radius 3 is 3.11 bits per heavy atom. The van der Waals surface area contributed by atoms with Crippen LogP contribution in [0.1, 0.15) is 17.5 Å². The first kappa shape index (κ1) is 13.1. The number of nitrogens with zero attached hydrogens (tertiary/aromatic N) is 1. The molecule has 2 rings (SSSR count). The molecule has 0 bridgehead atoms. The standard InChI is InChI=1S/C15H20N2O/c1-17(15-7-9-18-12-15)11-14-5-2-4-13(10-14)6-3-8-16/h2,4-5,10,15H,7-9,11-12,16H2,1H3. The van der Waals surface area contributed by atoms with Crippen LogP contribution in [0.5, 0.6) is 0 Å². The van der Waals surface area contributed by atoms with Crippen LogP contribution in [0.2, 0.25) is 0 Å². The normalized spacial score (nSPS) is 18.7. The minimum absolute atomic E-state index is 0.406. The Bertz CT molecular complexity index is 441. The number of ether oxygens (including phenoxy) is 1. The fraction of sp³-hybridized carbons (Fsp3) is 0.467. The Morgan fingerprint density at radius 2 is 2.39 bits per heavy atom. The molecule has 0 aromatic heterocycles. The quantitative estimate of drug-likeness (QED) is 0.812.